The zero-order chi connectivity index (χ0) is 8.72. The van der Waals surface area contributed by atoms with E-state index in [4.69, 9.17) is 5.73 Å². The molecule has 0 aliphatic heterocycles. The van der Waals surface area contributed by atoms with Gasteiger partial charge < -0.3 is 5.73 Å². The summed E-state index contributed by atoms with van der Waals surface area (Å²) in [5.74, 6) is -0.509. The van der Waals surface area contributed by atoms with E-state index >= 15 is 0 Å². The van der Waals surface area contributed by atoms with Crippen molar-refractivity contribution >= 4 is 27.6 Å². The molecule has 2 aromatic rings. The second-order valence-corrected chi connectivity index (χ2v) is 3.20. The third kappa shape index (κ3) is 0.814. The van der Waals surface area contributed by atoms with Gasteiger partial charge in [-0.1, -0.05) is 0 Å². The number of amides is 1. The molecule has 0 saturated heterocycles. The molecule has 0 aromatic carbocycles. The van der Waals surface area contributed by atoms with Crippen LogP contribution in [-0.4, -0.2) is 20.7 Å². The Labute approximate surface area is 71.8 Å². The number of nitrogens with zero attached hydrogens (tertiary/aromatic N) is 3. The Hall–Kier alpha value is -1.43. The van der Waals surface area contributed by atoms with Crippen LogP contribution < -0.4 is 5.73 Å². The number of aryl methyl sites for hydroxylation is 1. The van der Waals surface area contributed by atoms with Crippen molar-refractivity contribution in [3.63, 3.8) is 0 Å². The SMILES string of the molecule is Cn1nc(C(N)=O)c2scnc21. The van der Waals surface area contributed by atoms with E-state index in [9.17, 15) is 4.79 Å². The van der Waals surface area contributed by atoms with Crippen LogP contribution in [0, 0.1) is 0 Å². The minimum atomic E-state index is -0.509. The fourth-order valence-corrected chi connectivity index (χ4v) is 1.84. The lowest BCUT2D eigenvalue weighted by molar-refractivity contribution is 0.0996. The molecule has 0 atom stereocenters. The average molecular weight is 182 g/mol. The first-order chi connectivity index (χ1) is 5.70. The summed E-state index contributed by atoms with van der Waals surface area (Å²) in [5, 5.41) is 3.94. The van der Waals surface area contributed by atoms with Gasteiger partial charge in [-0.15, -0.1) is 11.3 Å². The maximum absolute atomic E-state index is 10.9. The zero-order valence-electron chi connectivity index (χ0n) is 6.31. The zero-order valence-corrected chi connectivity index (χ0v) is 7.13. The summed E-state index contributed by atoms with van der Waals surface area (Å²) in [6.45, 7) is 0. The van der Waals surface area contributed by atoms with Crippen molar-refractivity contribution in [3.05, 3.63) is 11.2 Å². The van der Waals surface area contributed by atoms with Crippen molar-refractivity contribution < 1.29 is 4.79 Å². The summed E-state index contributed by atoms with van der Waals surface area (Å²) in [6.07, 6.45) is 0. The lowest BCUT2D eigenvalue weighted by Gasteiger charge is -1.85. The highest BCUT2D eigenvalue weighted by Crippen LogP contribution is 2.20. The summed E-state index contributed by atoms with van der Waals surface area (Å²) in [4.78, 5) is 14.9. The number of thiazole rings is 1. The molecule has 2 aromatic heterocycles. The topological polar surface area (TPSA) is 73.8 Å². The molecule has 0 aliphatic carbocycles. The van der Waals surface area contributed by atoms with Crippen LogP contribution in [0.15, 0.2) is 5.51 Å². The highest BCUT2D eigenvalue weighted by molar-refractivity contribution is 7.17. The molecule has 2 rings (SSSR count). The summed E-state index contributed by atoms with van der Waals surface area (Å²) >= 11 is 1.37. The molecule has 0 unspecified atom stereocenters. The second-order valence-electron chi connectivity index (χ2n) is 2.34. The highest BCUT2D eigenvalue weighted by atomic mass is 32.1. The quantitative estimate of drug-likeness (QED) is 0.681. The summed E-state index contributed by atoms with van der Waals surface area (Å²) < 4.78 is 2.30. The normalized spacial score (nSPS) is 10.8. The van der Waals surface area contributed by atoms with Crippen LogP contribution in [0.1, 0.15) is 10.5 Å². The number of carbonyl (C=O) groups excluding carboxylic acids is 1. The molecule has 62 valence electrons. The molecule has 0 saturated carbocycles. The average Bonchev–Trinajstić information content (AvgIpc) is 2.53. The number of fused-ring (bicyclic) bond motifs is 1. The van der Waals surface area contributed by atoms with Gasteiger partial charge in [0.1, 0.15) is 4.70 Å². The van der Waals surface area contributed by atoms with E-state index < -0.39 is 5.91 Å². The summed E-state index contributed by atoms with van der Waals surface area (Å²) in [5.41, 5.74) is 7.79. The monoisotopic (exact) mass is 182 g/mol. The van der Waals surface area contributed by atoms with Crippen LogP contribution in [0.5, 0.6) is 0 Å². The van der Waals surface area contributed by atoms with Gasteiger partial charge in [0.2, 0.25) is 0 Å². The molecule has 0 bridgehead atoms. The van der Waals surface area contributed by atoms with Crippen molar-refractivity contribution in [1.29, 1.82) is 0 Å². The number of nitrogens with two attached hydrogens (primary N) is 1. The third-order valence-corrected chi connectivity index (χ3v) is 2.38. The molecule has 5 nitrogen and oxygen atoms in total. The van der Waals surface area contributed by atoms with Gasteiger partial charge in [0.05, 0.1) is 5.51 Å². The standard InChI is InChI=1S/C6H6N4OS/c1-10-6-4(12-2-8-6)3(9-10)5(7)11/h2H,1H3,(H2,7,11). The van der Waals surface area contributed by atoms with E-state index in [1.165, 1.54) is 11.3 Å². The molecule has 12 heavy (non-hydrogen) atoms. The molecule has 2 heterocycles. The van der Waals surface area contributed by atoms with Crippen molar-refractivity contribution in [2.24, 2.45) is 12.8 Å². The highest BCUT2D eigenvalue weighted by Gasteiger charge is 2.14. The first-order valence-electron chi connectivity index (χ1n) is 3.26. The van der Waals surface area contributed by atoms with Crippen molar-refractivity contribution in [3.8, 4) is 0 Å². The van der Waals surface area contributed by atoms with Gasteiger partial charge >= 0.3 is 0 Å². The fraction of sp³-hybridized carbons (Fsp3) is 0.167. The molecule has 0 fully saturated rings. The van der Waals surface area contributed by atoms with Gasteiger partial charge in [0.15, 0.2) is 11.3 Å². The number of rotatable bonds is 1. The van der Waals surface area contributed by atoms with Gasteiger partial charge in [0, 0.05) is 7.05 Å². The van der Waals surface area contributed by atoms with E-state index in [-0.39, 0.29) is 0 Å². The Balaban J connectivity index is 2.83. The van der Waals surface area contributed by atoms with E-state index in [2.05, 4.69) is 10.1 Å². The Bertz CT molecular complexity index is 443. The molecule has 1 amide bonds. The van der Waals surface area contributed by atoms with E-state index in [1.54, 1.807) is 17.2 Å². The van der Waals surface area contributed by atoms with Gasteiger partial charge in [0.25, 0.3) is 5.91 Å². The number of primary amides is 1. The van der Waals surface area contributed by atoms with E-state index in [0.717, 1.165) is 4.70 Å². The van der Waals surface area contributed by atoms with Crippen LogP contribution in [0.2, 0.25) is 0 Å². The van der Waals surface area contributed by atoms with Crippen LogP contribution in [0.25, 0.3) is 10.3 Å². The van der Waals surface area contributed by atoms with Crippen molar-refractivity contribution in [2.75, 3.05) is 0 Å². The van der Waals surface area contributed by atoms with E-state index in [1.807, 2.05) is 0 Å². The molecule has 2 N–H and O–H groups in total. The van der Waals surface area contributed by atoms with Crippen LogP contribution in [0.3, 0.4) is 0 Å². The first kappa shape index (κ1) is 7.23. The lowest BCUT2D eigenvalue weighted by Crippen LogP contribution is -2.12. The number of hydrogen-bond acceptors (Lipinski definition) is 4. The Morgan fingerprint density at radius 3 is 3.17 bits per heavy atom. The van der Waals surface area contributed by atoms with Crippen LogP contribution in [-0.2, 0) is 7.05 Å². The fourth-order valence-electron chi connectivity index (χ4n) is 1.04. The first-order valence-corrected chi connectivity index (χ1v) is 4.14. The van der Waals surface area contributed by atoms with Crippen LogP contribution >= 0.6 is 11.3 Å². The minimum absolute atomic E-state index is 0.301. The predicted molar refractivity (Wildman–Crippen MR) is 44.9 cm³/mol. The molecule has 6 heteroatoms. The van der Waals surface area contributed by atoms with Gasteiger partial charge in [-0.2, -0.15) is 5.10 Å². The second kappa shape index (κ2) is 2.28. The van der Waals surface area contributed by atoms with Crippen molar-refractivity contribution in [1.82, 2.24) is 14.8 Å². The number of aromatic nitrogens is 3. The van der Waals surface area contributed by atoms with E-state index in [0.29, 0.717) is 11.3 Å². The molecule has 0 radical (unpaired) electrons. The smallest absolute Gasteiger partial charge is 0.270 e. The summed E-state index contributed by atoms with van der Waals surface area (Å²) in [6, 6.07) is 0. The predicted octanol–water partition coefficient (Wildman–Crippen LogP) is 0.129. The maximum atomic E-state index is 10.9. The van der Waals surface area contributed by atoms with Gasteiger partial charge in [-0.05, 0) is 0 Å². The van der Waals surface area contributed by atoms with Gasteiger partial charge in [-0.25, -0.2) is 9.67 Å². The van der Waals surface area contributed by atoms with Crippen LogP contribution in [0.4, 0.5) is 0 Å². The molecular formula is C6H6N4OS. The maximum Gasteiger partial charge on any atom is 0.270 e. The summed E-state index contributed by atoms with van der Waals surface area (Å²) in [7, 11) is 1.73. The third-order valence-electron chi connectivity index (χ3n) is 1.55. The minimum Gasteiger partial charge on any atom is -0.364 e. The van der Waals surface area contributed by atoms with Crippen molar-refractivity contribution in [2.45, 2.75) is 0 Å². The number of carbonyl (C=O) groups is 1. The van der Waals surface area contributed by atoms with Gasteiger partial charge in [-0.3, -0.25) is 4.79 Å². The number of hydrogen-bond donors (Lipinski definition) is 1. The Morgan fingerprint density at radius 1 is 1.75 bits per heavy atom. The lowest BCUT2D eigenvalue weighted by atomic mass is 10.4. The largest absolute Gasteiger partial charge is 0.364 e. The molecule has 0 spiro atoms. The molecule has 0 aliphatic rings. The Morgan fingerprint density at radius 2 is 2.50 bits per heavy atom. The Kier molecular flexibility index (Phi) is 1.37. The molecular weight excluding hydrogens is 176 g/mol.